The van der Waals surface area contributed by atoms with Crippen LogP contribution in [-0.4, -0.2) is 26.8 Å². The first-order chi connectivity index (χ1) is 21.6. The minimum atomic E-state index is -3.78. The zero-order chi connectivity index (χ0) is 32.2. The molecule has 14 heteroatoms. The number of sulfonamides is 2. The number of benzene rings is 4. The maximum Gasteiger partial charge on any atom is 0.261 e. The number of fused-ring (bicyclic) bond motifs is 2. The van der Waals surface area contributed by atoms with E-state index in [1.807, 2.05) is 6.07 Å². The van der Waals surface area contributed by atoms with E-state index in [9.17, 15) is 16.8 Å². The Balaban J connectivity index is 0.000000178. The second-order valence-electron chi connectivity index (χ2n) is 9.33. The molecule has 0 aliphatic rings. The number of para-hydroxylation sites is 2. The summed E-state index contributed by atoms with van der Waals surface area (Å²) in [6.07, 6.45) is 3.14. The molecule has 45 heavy (non-hydrogen) atoms. The van der Waals surface area contributed by atoms with E-state index in [-0.39, 0.29) is 9.79 Å². The highest BCUT2D eigenvalue weighted by atomic mass is 35.5. The Labute approximate surface area is 263 Å². The minimum Gasteiger partial charge on any atom is -0.358 e. The molecule has 6 aromatic rings. The Morgan fingerprint density at radius 1 is 0.667 bits per heavy atom. The molecule has 4 aromatic carbocycles. The van der Waals surface area contributed by atoms with Gasteiger partial charge in [0.1, 0.15) is 6.07 Å². The third kappa shape index (κ3) is 6.44. The van der Waals surface area contributed by atoms with Crippen LogP contribution in [0.5, 0.6) is 0 Å². The highest BCUT2D eigenvalue weighted by Gasteiger charge is 2.18. The predicted octanol–water partition coefficient (Wildman–Crippen LogP) is 7.56. The summed E-state index contributed by atoms with van der Waals surface area (Å²) < 4.78 is 54.8. The molecule has 0 amide bonds. The molecule has 0 saturated heterocycles. The molecule has 2 heterocycles. The van der Waals surface area contributed by atoms with Crippen LogP contribution in [0, 0.1) is 24.5 Å². The van der Waals surface area contributed by atoms with Gasteiger partial charge in [-0.25, -0.2) is 26.5 Å². The Bertz CT molecular complexity index is 2400. The molecular formula is C31H20ClN7O4S2. The molecule has 0 bridgehead atoms. The van der Waals surface area contributed by atoms with Crippen molar-refractivity contribution < 1.29 is 16.8 Å². The Morgan fingerprint density at radius 3 is 1.58 bits per heavy atom. The standard InChI is InChI=1S/C16H10N4O2S.C15H10ClN3O2S/c1-18-12-5-7-13(8-6-12)23(21,22)20-15-4-2-3-14-11(9-17)10-19-16(14)15;1-17-10-5-7-11(8-6-10)22(20,21)19-14-4-2-3-12-13(16)9-18-15(12)14/h2-8,10,19-20H;2-9,18-19H. The van der Waals surface area contributed by atoms with Crippen molar-refractivity contribution in [2.75, 3.05) is 9.44 Å². The average Bonchev–Trinajstić information content (AvgIpc) is 3.65. The maximum atomic E-state index is 12.5. The highest BCUT2D eigenvalue weighted by molar-refractivity contribution is 7.93. The van der Waals surface area contributed by atoms with Crippen LogP contribution in [-0.2, 0) is 20.0 Å². The summed E-state index contributed by atoms with van der Waals surface area (Å²) in [4.78, 5) is 12.5. The maximum absolute atomic E-state index is 12.5. The Morgan fingerprint density at radius 2 is 1.11 bits per heavy atom. The third-order valence-corrected chi connectivity index (χ3v) is 9.62. The van der Waals surface area contributed by atoms with E-state index in [4.69, 9.17) is 30.0 Å². The molecule has 0 atom stereocenters. The van der Waals surface area contributed by atoms with Gasteiger partial charge >= 0.3 is 0 Å². The molecule has 0 spiro atoms. The number of H-pyrrole nitrogens is 2. The number of nitriles is 1. The van der Waals surface area contributed by atoms with E-state index < -0.39 is 20.0 Å². The molecule has 0 aliphatic carbocycles. The van der Waals surface area contributed by atoms with Crippen molar-refractivity contribution in [1.29, 1.82) is 5.26 Å². The lowest BCUT2D eigenvalue weighted by molar-refractivity contribution is 0.599. The van der Waals surface area contributed by atoms with Gasteiger partial charge in [0.05, 0.1) is 55.9 Å². The van der Waals surface area contributed by atoms with Crippen LogP contribution >= 0.6 is 11.6 Å². The van der Waals surface area contributed by atoms with Gasteiger partial charge < -0.3 is 9.97 Å². The van der Waals surface area contributed by atoms with Crippen LogP contribution in [0.3, 0.4) is 0 Å². The molecular weight excluding hydrogens is 634 g/mol. The van der Waals surface area contributed by atoms with Gasteiger partial charge in [-0.15, -0.1) is 0 Å². The fraction of sp³-hybridized carbons (Fsp3) is 0. The van der Waals surface area contributed by atoms with Gasteiger partial charge in [-0.05, 0) is 12.1 Å². The first-order valence-electron chi connectivity index (χ1n) is 12.8. The molecule has 0 saturated carbocycles. The number of anilines is 2. The number of halogens is 1. The zero-order valence-electron chi connectivity index (χ0n) is 22.9. The SMILES string of the molecule is [C-]#[N+]c1ccc(S(=O)(=O)Nc2cccc3c(C#N)c[nH]c23)cc1.[C-]#[N+]c1ccc(S(=O)(=O)Nc2cccc3c(Cl)c[nH]c23)cc1. The van der Waals surface area contributed by atoms with E-state index in [1.54, 1.807) is 42.6 Å². The largest absolute Gasteiger partial charge is 0.358 e. The number of aromatic nitrogens is 2. The molecule has 0 unspecified atom stereocenters. The fourth-order valence-corrected chi connectivity index (χ4v) is 6.70. The Kier molecular flexibility index (Phi) is 8.48. The van der Waals surface area contributed by atoms with Crippen LogP contribution in [0.25, 0.3) is 31.5 Å². The molecule has 222 valence electrons. The fourth-order valence-electron chi connectivity index (χ4n) is 4.34. The van der Waals surface area contributed by atoms with Gasteiger partial charge in [0, 0.05) is 23.2 Å². The van der Waals surface area contributed by atoms with Gasteiger partial charge in [-0.2, -0.15) is 5.26 Å². The molecule has 0 aliphatic heterocycles. The van der Waals surface area contributed by atoms with Crippen LogP contribution in [0.2, 0.25) is 5.02 Å². The van der Waals surface area contributed by atoms with Crippen molar-refractivity contribution >= 4 is 76.2 Å². The average molecular weight is 654 g/mol. The summed E-state index contributed by atoms with van der Waals surface area (Å²) in [5, 5.41) is 11.0. The molecule has 2 aromatic heterocycles. The lowest BCUT2D eigenvalue weighted by Gasteiger charge is -2.09. The van der Waals surface area contributed by atoms with Gasteiger partial charge in [-0.3, -0.25) is 9.44 Å². The summed E-state index contributed by atoms with van der Waals surface area (Å²) in [6, 6.07) is 23.7. The molecule has 0 radical (unpaired) electrons. The van der Waals surface area contributed by atoms with Gasteiger partial charge in [0.2, 0.25) is 0 Å². The lowest BCUT2D eigenvalue weighted by atomic mass is 10.2. The molecule has 4 N–H and O–H groups in total. The zero-order valence-corrected chi connectivity index (χ0v) is 25.3. The van der Waals surface area contributed by atoms with E-state index in [0.717, 1.165) is 5.39 Å². The number of rotatable bonds is 6. The summed E-state index contributed by atoms with van der Waals surface area (Å²) in [7, 11) is -7.52. The normalized spacial score (nSPS) is 11.1. The monoisotopic (exact) mass is 653 g/mol. The second-order valence-corrected chi connectivity index (χ2v) is 13.1. The van der Waals surface area contributed by atoms with Crippen molar-refractivity contribution in [3.8, 4) is 6.07 Å². The number of nitrogens with zero attached hydrogens (tertiary/aromatic N) is 3. The van der Waals surface area contributed by atoms with Crippen molar-refractivity contribution in [2.24, 2.45) is 0 Å². The summed E-state index contributed by atoms with van der Waals surface area (Å²) in [5.41, 5.74) is 3.14. The summed E-state index contributed by atoms with van der Waals surface area (Å²) >= 11 is 6.03. The van der Waals surface area contributed by atoms with Crippen LogP contribution in [0.4, 0.5) is 22.7 Å². The number of nitrogens with one attached hydrogen (secondary N) is 4. The van der Waals surface area contributed by atoms with Crippen LogP contribution < -0.4 is 9.44 Å². The van der Waals surface area contributed by atoms with Crippen LogP contribution in [0.15, 0.2) is 107 Å². The first kappa shape index (κ1) is 30.7. The quantitative estimate of drug-likeness (QED) is 0.136. The highest BCUT2D eigenvalue weighted by Crippen LogP contribution is 2.30. The molecule has 11 nitrogen and oxygen atoms in total. The van der Waals surface area contributed by atoms with Crippen LogP contribution in [0.1, 0.15) is 5.56 Å². The number of aromatic amines is 2. The van der Waals surface area contributed by atoms with Crippen molar-refractivity contribution in [3.05, 3.63) is 131 Å². The van der Waals surface area contributed by atoms with E-state index in [2.05, 4.69) is 29.1 Å². The second kappa shape index (κ2) is 12.4. The lowest BCUT2D eigenvalue weighted by Crippen LogP contribution is -2.13. The smallest absolute Gasteiger partial charge is 0.261 e. The third-order valence-electron chi connectivity index (χ3n) is 6.54. The Hall–Kier alpha value is -5.78. The van der Waals surface area contributed by atoms with E-state index in [1.165, 1.54) is 54.7 Å². The first-order valence-corrected chi connectivity index (χ1v) is 16.2. The summed E-state index contributed by atoms with van der Waals surface area (Å²) in [6.45, 7) is 13.8. The predicted molar refractivity (Wildman–Crippen MR) is 173 cm³/mol. The van der Waals surface area contributed by atoms with E-state index in [0.29, 0.717) is 49.8 Å². The molecule has 6 rings (SSSR count). The number of hydrogen-bond acceptors (Lipinski definition) is 5. The van der Waals surface area contributed by atoms with Gasteiger partial charge in [0.15, 0.2) is 11.4 Å². The number of hydrogen-bond donors (Lipinski definition) is 4. The van der Waals surface area contributed by atoms with Gasteiger partial charge in [-0.1, -0.05) is 84.4 Å². The topological polar surface area (TPSA) is 156 Å². The van der Waals surface area contributed by atoms with Crippen molar-refractivity contribution in [2.45, 2.75) is 9.79 Å². The molecule has 0 fully saturated rings. The van der Waals surface area contributed by atoms with E-state index >= 15 is 0 Å². The minimum absolute atomic E-state index is 0.0639. The summed E-state index contributed by atoms with van der Waals surface area (Å²) in [5.74, 6) is 0. The van der Waals surface area contributed by atoms with Crippen molar-refractivity contribution in [1.82, 2.24) is 9.97 Å². The van der Waals surface area contributed by atoms with Crippen molar-refractivity contribution in [3.63, 3.8) is 0 Å². The van der Waals surface area contributed by atoms with Gasteiger partial charge in [0.25, 0.3) is 20.0 Å².